The van der Waals surface area contributed by atoms with E-state index in [2.05, 4.69) is 6.58 Å². The molecule has 0 aliphatic heterocycles. The summed E-state index contributed by atoms with van der Waals surface area (Å²) >= 11 is 0. The zero-order valence-electron chi connectivity index (χ0n) is 2.95. The van der Waals surface area contributed by atoms with Gasteiger partial charge in [-0.3, -0.25) is 0 Å². The van der Waals surface area contributed by atoms with Crippen molar-refractivity contribution in [2.45, 2.75) is 6.11 Å². The Morgan fingerprint density at radius 3 is 1.83 bits per heavy atom. The Hall–Kier alpha value is -0.440. The number of hydrogen-bond donors (Lipinski definition) is 0. The van der Waals surface area contributed by atoms with E-state index in [4.69, 9.17) is 5.11 Å². The van der Waals surface area contributed by atoms with E-state index in [-0.39, 0.29) is 6.08 Å². The summed E-state index contributed by atoms with van der Waals surface area (Å²) in [4.78, 5) is 0. The van der Waals surface area contributed by atoms with Crippen molar-refractivity contribution in [2.24, 2.45) is 0 Å². The fraction of sp³-hybridized carbons (Fsp3) is 0.333. The Bertz CT molecular complexity index is 54.3. The van der Waals surface area contributed by atoms with E-state index in [1.807, 2.05) is 0 Å². The summed E-state index contributed by atoms with van der Waals surface area (Å²) in [5, 5.41) is 9.02. The number of alkyl halides is 2. The van der Waals surface area contributed by atoms with Crippen LogP contribution >= 0.6 is 0 Å². The van der Waals surface area contributed by atoms with Crippen molar-refractivity contribution in [3.8, 4) is 0 Å². The van der Waals surface area contributed by atoms with Gasteiger partial charge in [-0.25, -0.2) is 0 Å². The Labute approximate surface area is 33.9 Å². The van der Waals surface area contributed by atoms with Crippen LogP contribution in [0.3, 0.4) is 0 Å². The van der Waals surface area contributed by atoms with Gasteiger partial charge in [-0.15, -0.1) is 0 Å². The molecule has 3 heteroatoms. The molecule has 6 heavy (non-hydrogen) atoms. The smallest absolute Gasteiger partial charge is 0.169 e. The third-order valence-corrected chi connectivity index (χ3v) is 0.238. The van der Waals surface area contributed by atoms with Gasteiger partial charge in [0.25, 0.3) is 0 Å². The molecule has 0 unspecified atom stereocenters. The molecule has 0 aliphatic rings. The monoisotopic (exact) mass is 93.0 g/mol. The van der Waals surface area contributed by atoms with Gasteiger partial charge in [-0.05, 0) is 0 Å². The van der Waals surface area contributed by atoms with Gasteiger partial charge in [-0.1, -0.05) is 6.58 Å². The molecule has 0 aromatic carbocycles. The van der Waals surface area contributed by atoms with Gasteiger partial charge in [-0.2, -0.15) is 13.9 Å². The van der Waals surface area contributed by atoms with Gasteiger partial charge in [0.2, 0.25) is 0 Å². The fourth-order valence-corrected chi connectivity index (χ4v) is 0. The lowest BCUT2D eigenvalue weighted by molar-refractivity contribution is -0.200. The maximum atomic E-state index is 10.8. The predicted molar refractivity (Wildman–Crippen MR) is 15.8 cm³/mol. The second kappa shape index (κ2) is 1.34. The number of halogens is 2. The fourth-order valence-electron chi connectivity index (χ4n) is 0. The molecule has 0 heterocycles. The molecular formula is C3H3F2O. The highest BCUT2D eigenvalue weighted by Gasteiger charge is 2.19. The topological polar surface area (TPSA) is 19.9 Å². The highest BCUT2D eigenvalue weighted by molar-refractivity contribution is 4.74. The minimum Gasteiger partial charge on any atom is -0.169 e. The van der Waals surface area contributed by atoms with Crippen LogP contribution in [0.15, 0.2) is 12.7 Å². The summed E-state index contributed by atoms with van der Waals surface area (Å²) < 4.78 is 21.6. The van der Waals surface area contributed by atoms with Crippen LogP contribution in [0.1, 0.15) is 0 Å². The molecule has 1 radical (unpaired) electrons. The van der Waals surface area contributed by atoms with Gasteiger partial charge >= 0.3 is 6.11 Å². The van der Waals surface area contributed by atoms with E-state index in [9.17, 15) is 8.78 Å². The SMILES string of the molecule is C=CC([O])(F)F. The molecule has 0 aliphatic carbocycles. The summed E-state index contributed by atoms with van der Waals surface area (Å²) in [6.45, 7) is 2.57. The zero-order chi connectivity index (χ0) is 5.21. The number of rotatable bonds is 1. The normalized spacial score (nSPS) is 11.2. The van der Waals surface area contributed by atoms with Gasteiger partial charge in [0.15, 0.2) is 0 Å². The van der Waals surface area contributed by atoms with E-state index < -0.39 is 6.11 Å². The molecule has 0 atom stereocenters. The molecule has 35 valence electrons. The molecule has 0 fully saturated rings. The summed E-state index contributed by atoms with van der Waals surface area (Å²) in [7, 11) is 0. The molecule has 0 bridgehead atoms. The number of hydrogen-bond acceptors (Lipinski definition) is 0. The quantitative estimate of drug-likeness (QED) is 0.434. The van der Waals surface area contributed by atoms with Crippen LogP contribution in [0.2, 0.25) is 0 Å². The summed E-state index contributed by atoms with van der Waals surface area (Å²) in [5.74, 6) is 0. The first-order valence-electron chi connectivity index (χ1n) is 1.28. The Morgan fingerprint density at radius 2 is 1.83 bits per heavy atom. The summed E-state index contributed by atoms with van der Waals surface area (Å²) in [6, 6.07) is 0. The minimum atomic E-state index is -3.94. The molecular weight excluding hydrogens is 90.0 g/mol. The summed E-state index contributed by atoms with van der Waals surface area (Å²) in [5.41, 5.74) is 0. The average Bonchev–Trinajstić information content (AvgIpc) is 1.35. The van der Waals surface area contributed by atoms with Crippen LogP contribution in [0, 0.1) is 0 Å². The highest BCUT2D eigenvalue weighted by Crippen LogP contribution is 2.07. The Morgan fingerprint density at radius 1 is 1.67 bits per heavy atom. The highest BCUT2D eigenvalue weighted by atomic mass is 19.3. The molecule has 0 amide bonds. The molecule has 0 rings (SSSR count). The van der Waals surface area contributed by atoms with Gasteiger partial charge in [0.05, 0.1) is 0 Å². The van der Waals surface area contributed by atoms with Crippen molar-refractivity contribution in [3.63, 3.8) is 0 Å². The van der Waals surface area contributed by atoms with Crippen LogP contribution in [0.25, 0.3) is 0 Å². The second-order valence-corrected chi connectivity index (χ2v) is 0.766. The first-order chi connectivity index (χ1) is 2.56. The molecule has 0 saturated heterocycles. The van der Waals surface area contributed by atoms with Crippen LogP contribution < -0.4 is 0 Å². The molecule has 0 aromatic rings. The lowest BCUT2D eigenvalue weighted by Gasteiger charge is -1.91. The molecule has 0 aromatic heterocycles. The van der Waals surface area contributed by atoms with Crippen molar-refractivity contribution < 1.29 is 13.9 Å². The maximum absolute atomic E-state index is 10.8. The van der Waals surface area contributed by atoms with Crippen molar-refractivity contribution in [1.82, 2.24) is 0 Å². The van der Waals surface area contributed by atoms with Crippen LogP contribution in [-0.2, 0) is 5.11 Å². The minimum absolute atomic E-state index is 0.0486. The van der Waals surface area contributed by atoms with E-state index in [1.54, 1.807) is 0 Å². The lowest BCUT2D eigenvalue weighted by Crippen LogP contribution is -2.04. The molecule has 0 spiro atoms. The summed E-state index contributed by atoms with van der Waals surface area (Å²) in [6.07, 6.45) is -3.90. The molecule has 1 nitrogen and oxygen atoms in total. The molecule has 0 saturated carbocycles. The first-order valence-corrected chi connectivity index (χ1v) is 1.28. The largest absolute Gasteiger partial charge is 0.401 e. The predicted octanol–water partition coefficient (Wildman–Crippen LogP) is 1.20. The van der Waals surface area contributed by atoms with Crippen molar-refractivity contribution in [2.75, 3.05) is 0 Å². The maximum Gasteiger partial charge on any atom is 0.401 e. The third kappa shape index (κ3) is 3.56. The van der Waals surface area contributed by atoms with Crippen LogP contribution in [0.5, 0.6) is 0 Å². The molecule has 0 N–H and O–H groups in total. The third-order valence-electron chi connectivity index (χ3n) is 0.238. The van der Waals surface area contributed by atoms with Crippen molar-refractivity contribution in [3.05, 3.63) is 12.7 Å². The van der Waals surface area contributed by atoms with Crippen molar-refractivity contribution >= 4 is 0 Å². The van der Waals surface area contributed by atoms with E-state index in [0.29, 0.717) is 0 Å². The van der Waals surface area contributed by atoms with Crippen molar-refractivity contribution in [1.29, 1.82) is 0 Å². The van der Waals surface area contributed by atoms with Crippen LogP contribution in [-0.4, -0.2) is 6.11 Å². The van der Waals surface area contributed by atoms with E-state index in [1.165, 1.54) is 0 Å². The van der Waals surface area contributed by atoms with Gasteiger partial charge in [0.1, 0.15) is 0 Å². The van der Waals surface area contributed by atoms with Gasteiger partial charge in [0, 0.05) is 6.08 Å². The second-order valence-electron chi connectivity index (χ2n) is 0.766. The van der Waals surface area contributed by atoms with E-state index in [0.717, 1.165) is 0 Å². The Kier molecular flexibility index (Phi) is 1.24. The lowest BCUT2D eigenvalue weighted by atomic mass is 10.6. The van der Waals surface area contributed by atoms with Gasteiger partial charge < -0.3 is 0 Å². The first kappa shape index (κ1) is 5.56. The average molecular weight is 93.1 g/mol. The zero-order valence-corrected chi connectivity index (χ0v) is 2.95. The van der Waals surface area contributed by atoms with Crippen LogP contribution in [0.4, 0.5) is 8.78 Å². The standard InChI is InChI=1S/C3H3F2O/c1-2-3(4,5)6/h2H,1H2. The Balaban J connectivity index is 3.45. The van der Waals surface area contributed by atoms with E-state index >= 15 is 0 Å².